The van der Waals surface area contributed by atoms with Gasteiger partial charge in [0.25, 0.3) is 0 Å². The summed E-state index contributed by atoms with van der Waals surface area (Å²) in [6.45, 7) is 6.45. The normalized spacial score (nSPS) is 9.28. The van der Waals surface area contributed by atoms with Gasteiger partial charge in [-0.25, -0.2) is 4.98 Å². The van der Waals surface area contributed by atoms with Crippen LogP contribution in [0.25, 0.3) is 22.3 Å². The summed E-state index contributed by atoms with van der Waals surface area (Å²) in [6, 6.07) is 14.4. The highest BCUT2D eigenvalue weighted by atomic mass is 16.3. The third kappa shape index (κ3) is 5.66. The van der Waals surface area contributed by atoms with Gasteiger partial charge in [-0.3, -0.25) is 0 Å². The smallest absolute Gasteiger partial charge is 0.137 e. The lowest BCUT2D eigenvalue weighted by atomic mass is 10.1. The fourth-order valence-corrected chi connectivity index (χ4v) is 2.29. The summed E-state index contributed by atoms with van der Waals surface area (Å²) in [6.07, 6.45) is 6.38. The van der Waals surface area contributed by atoms with Gasteiger partial charge in [-0.1, -0.05) is 26.0 Å². The maximum atomic E-state index is 8.96. The Labute approximate surface area is 150 Å². The molecule has 3 aromatic rings. The largest absolute Gasteiger partial charge is 0.395 e. The molecule has 0 bridgehead atoms. The number of aromatic amines is 1. The average Bonchev–Trinajstić information content (AvgIpc) is 3.08. The lowest BCUT2D eigenvalue weighted by molar-refractivity contribution is 0.304. The number of benzene rings is 1. The molecule has 0 aliphatic rings. The van der Waals surface area contributed by atoms with Gasteiger partial charge >= 0.3 is 0 Å². The molecule has 0 unspecified atom stereocenters. The topological polar surface area (TPSA) is 52.1 Å². The van der Waals surface area contributed by atoms with E-state index in [-0.39, 0.29) is 6.61 Å². The number of terminal acetylenes is 1. The summed E-state index contributed by atoms with van der Waals surface area (Å²) in [5.41, 5.74) is 4.19. The number of aromatic nitrogens is 2. The van der Waals surface area contributed by atoms with Gasteiger partial charge in [0.2, 0.25) is 0 Å². The number of likely N-dealkylation sites (N-methyl/N-ethyl adjacent to an activating group) is 1. The molecule has 0 aliphatic heterocycles. The van der Waals surface area contributed by atoms with Crippen molar-refractivity contribution in [2.24, 2.45) is 0 Å². The lowest BCUT2D eigenvalue weighted by Crippen LogP contribution is -2.20. The first-order valence-corrected chi connectivity index (χ1v) is 8.43. The van der Waals surface area contributed by atoms with Crippen LogP contribution >= 0.6 is 0 Å². The number of fused-ring (bicyclic) bond motifs is 1. The van der Waals surface area contributed by atoms with Crippen molar-refractivity contribution in [2.45, 2.75) is 20.8 Å². The molecule has 4 heteroatoms. The third-order valence-electron chi connectivity index (χ3n) is 3.45. The Hall–Kier alpha value is -2.77. The number of hydrogen-bond donors (Lipinski definition) is 2. The molecular weight excluding hydrogens is 310 g/mol. The molecule has 4 nitrogen and oxygen atoms in total. The standard InChI is InChI=1S/C16H17N3O.C3H4.C2H6/c1-19(9-10-20)14-6-4-12(5-7-14)15-11-13-3-2-8-17-16(13)18-15;1-3-2;1-2/h2-8,11,20H,9-10H2,1H3,(H,17,18);1H,2H3;1-2H3. The summed E-state index contributed by atoms with van der Waals surface area (Å²) in [5.74, 6) is 2.25. The van der Waals surface area contributed by atoms with Gasteiger partial charge < -0.3 is 15.0 Å². The summed E-state index contributed by atoms with van der Waals surface area (Å²) >= 11 is 0. The fraction of sp³-hybridized carbons (Fsp3) is 0.286. The molecular formula is C21H27N3O. The number of hydrogen-bond acceptors (Lipinski definition) is 3. The summed E-state index contributed by atoms with van der Waals surface area (Å²) in [5, 5.41) is 10.1. The summed E-state index contributed by atoms with van der Waals surface area (Å²) in [7, 11) is 1.97. The first-order chi connectivity index (χ1) is 12.2. The molecule has 0 aliphatic carbocycles. The molecule has 0 fully saturated rings. The zero-order chi connectivity index (χ0) is 18.7. The number of pyridine rings is 1. The van der Waals surface area contributed by atoms with Gasteiger partial charge in [-0.15, -0.1) is 12.3 Å². The molecule has 0 spiro atoms. The van der Waals surface area contributed by atoms with Crippen LogP contribution in [0.5, 0.6) is 0 Å². The van der Waals surface area contributed by atoms with Crippen LogP contribution in [0, 0.1) is 12.3 Å². The molecule has 0 saturated carbocycles. The Morgan fingerprint density at radius 3 is 2.40 bits per heavy atom. The molecule has 0 atom stereocenters. The Kier molecular flexibility index (Phi) is 8.84. The predicted molar refractivity (Wildman–Crippen MR) is 108 cm³/mol. The van der Waals surface area contributed by atoms with Crippen molar-refractivity contribution in [1.82, 2.24) is 9.97 Å². The van der Waals surface area contributed by atoms with Crippen LogP contribution in [0.4, 0.5) is 5.69 Å². The number of aliphatic hydroxyl groups excluding tert-OH is 1. The second kappa shape index (κ2) is 10.9. The van der Waals surface area contributed by atoms with E-state index in [1.54, 1.807) is 13.1 Å². The first-order valence-electron chi connectivity index (χ1n) is 8.43. The Bertz CT molecular complexity index is 752. The highest BCUT2D eigenvalue weighted by molar-refractivity contribution is 5.83. The quantitative estimate of drug-likeness (QED) is 0.697. The minimum absolute atomic E-state index is 0.159. The average molecular weight is 337 g/mol. The Balaban J connectivity index is 0.000000567. The fourth-order valence-electron chi connectivity index (χ4n) is 2.29. The Morgan fingerprint density at radius 1 is 1.20 bits per heavy atom. The van der Waals surface area contributed by atoms with Gasteiger partial charge in [0, 0.05) is 36.6 Å². The monoisotopic (exact) mass is 337 g/mol. The number of aliphatic hydroxyl groups is 1. The lowest BCUT2D eigenvalue weighted by Gasteiger charge is -2.17. The SMILES string of the molecule is C#CC.CC.CN(CCO)c1ccc(-c2cc3cccnc3[nH]2)cc1. The molecule has 132 valence electrons. The van der Waals surface area contributed by atoms with Gasteiger partial charge in [-0.05, 0) is 42.8 Å². The maximum Gasteiger partial charge on any atom is 0.137 e. The van der Waals surface area contributed by atoms with Crippen molar-refractivity contribution >= 4 is 16.7 Å². The van der Waals surface area contributed by atoms with E-state index in [2.05, 4.69) is 52.6 Å². The van der Waals surface area contributed by atoms with Crippen LogP contribution in [-0.2, 0) is 0 Å². The molecule has 1 aromatic carbocycles. The molecule has 0 amide bonds. The van der Waals surface area contributed by atoms with Crippen molar-refractivity contribution in [3.8, 4) is 23.6 Å². The maximum absolute atomic E-state index is 8.96. The second-order valence-corrected chi connectivity index (χ2v) is 5.10. The minimum Gasteiger partial charge on any atom is -0.395 e. The second-order valence-electron chi connectivity index (χ2n) is 5.10. The van der Waals surface area contributed by atoms with Crippen molar-refractivity contribution in [3.63, 3.8) is 0 Å². The van der Waals surface area contributed by atoms with Crippen LogP contribution in [0.1, 0.15) is 20.8 Å². The minimum atomic E-state index is 0.159. The van der Waals surface area contributed by atoms with E-state index in [1.807, 2.05) is 37.9 Å². The number of nitrogens with one attached hydrogen (secondary N) is 1. The number of anilines is 1. The van der Waals surface area contributed by atoms with Crippen LogP contribution in [0.15, 0.2) is 48.7 Å². The highest BCUT2D eigenvalue weighted by Crippen LogP contribution is 2.25. The van der Waals surface area contributed by atoms with E-state index in [1.165, 1.54) is 0 Å². The number of rotatable bonds is 4. The van der Waals surface area contributed by atoms with Crippen LogP contribution < -0.4 is 4.90 Å². The van der Waals surface area contributed by atoms with Crippen molar-refractivity contribution in [3.05, 3.63) is 48.7 Å². The van der Waals surface area contributed by atoms with Gasteiger partial charge in [0.05, 0.1) is 6.61 Å². The summed E-state index contributed by atoms with van der Waals surface area (Å²) < 4.78 is 0. The van der Waals surface area contributed by atoms with Gasteiger partial charge in [-0.2, -0.15) is 0 Å². The van der Waals surface area contributed by atoms with Gasteiger partial charge in [0.15, 0.2) is 0 Å². The van der Waals surface area contributed by atoms with E-state index in [0.717, 1.165) is 28.0 Å². The molecule has 3 rings (SSSR count). The van der Waals surface area contributed by atoms with Gasteiger partial charge in [0.1, 0.15) is 5.65 Å². The van der Waals surface area contributed by atoms with E-state index in [4.69, 9.17) is 5.11 Å². The number of nitrogens with zero attached hydrogens (tertiary/aromatic N) is 2. The van der Waals surface area contributed by atoms with E-state index in [0.29, 0.717) is 6.54 Å². The van der Waals surface area contributed by atoms with Crippen molar-refractivity contribution < 1.29 is 5.11 Å². The van der Waals surface area contributed by atoms with Crippen molar-refractivity contribution in [2.75, 3.05) is 25.1 Å². The molecule has 0 saturated heterocycles. The molecule has 0 radical (unpaired) electrons. The van der Waals surface area contributed by atoms with Crippen molar-refractivity contribution in [1.29, 1.82) is 0 Å². The van der Waals surface area contributed by atoms with Crippen LogP contribution in [-0.4, -0.2) is 35.3 Å². The van der Waals surface area contributed by atoms with Crippen LogP contribution in [0.3, 0.4) is 0 Å². The van der Waals surface area contributed by atoms with E-state index in [9.17, 15) is 0 Å². The zero-order valence-corrected chi connectivity index (χ0v) is 15.5. The summed E-state index contributed by atoms with van der Waals surface area (Å²) in [4.78, 5) is 9.65. The first kappa shape index (κ1) is 20.3. The van der Waals surface area contributed by atoms with E-state index >= 15 is 0 Å². The molecule has 2 aromatic heterocycles. The van der Waals surface area contributed by atoms with E-state index < -0.39 is 0 Å². The third-order valence-corrected chi connectivity index (χ3v) is 3.45. The number of H-pyrrole nitrogens is 1. The predicted octanol–water partition coefficient (Wildman–Crippen LogP) is 4.32. The van der Waals surface area contributed by atoms with Crippen LogP contribution in [0.2, 0.25) is 0 Å². The highest BCUT2D eigenvalue weighted by Gasteiger charge is 2.05. The Morgan fingerprint density at radius 2 is 1.84 bits per heavy atom. The molecule has 2 heterocycles. The zero-order valence-electron chi connectivity index (χ0n) is 15.5. The molecule has 25 heavy (non-hydrogen) atoms. The molecule has 2 N–H and O–H groups in total.